The summed E-state index contributed by atoms with van der Waals surface area (Å²) in [6, 6.07) is 6.52. The molecule has 2 saturated carbocycles. The van der Waals surface area contributed by atoms with Gasteiger partial charge in [-0.1, -0.05) is 25.7 Å². The first-order valence-electron chi connectivity index (χ1n) is 13.6. The molecule has 1 heterocycles. The first kappa shape index (κ1) is 29.7. The van der Waals surface area contributed by atoms with Crippen molar-refractivity contribution < 1.29 is 22.5 Å². The van der Waals surface area contributed by atoms with E-state index in [9.17, 15) is 13.0 Å². The van der Waals surface area contributed by atoms with Gasteiger partial charge in [-0.05, 0) is 63.3 Å². The third-order valence-electron chi connectivity index (χ3n) is 7.20. The van der Waals surface area contributed by atoms with Crippen molar-refractivity contribution in [3.63, 3.8) is 0 Å². The van der Waals surface area contributed by atoms with E-state index in [-0.39, 0.29) is 32.2 Å². The van der Waals surface area contributed by atoms with Crippen LogP contribution in [-0.2, 0) is 27.2 Å². The average Bonchev–Trinajstić information content (AvgIpc) is 3.57. The summed E-state index contributed by atoms with van der Waals surface area (Å²) in [6.07, 6.45) is 1.19. The number of hydrogen-bond acceptors (Lipinski definition) is 5. The molecule has 0 bridgehead atoms. The molecule has 1 aromatic heterocycles. The Morgan fingerprint density at radius 2 is 1.95 bits per heavy atom. The standard InChI is InChI=1S/C27H44F2N4O3SSi/c1-26(2,3)37(34)32-22(16-36-20-14-27(28,29)15-20)25-31-21-10-9-19(24(30)18-7-8-18)13-23(21)33(25)17-35-11-12-38(4,5)6/h9-10,13,18,20,22,24,32H,7-8,11-12,14-17,30H2,1-6H3/t22-,24+,37+/m0/s1. The van der Waals surface area contributed by atoms with Crippen molar-refractivity contribution in [2.75, 3.05) is 13.2 Å². The maximum Gasteiger partial charge on any atom is 0.253 e. The number of imidazole rings is 1. The van der Waals surface area contributed by atoms with E-state index < -0.39 is 41.9 Å². The van der Waals surface area contributed by atoms with Crippen molar-refractivity contribution in [1.29, 1.82) is 0 Å². The normalized spacial score (nSPS) is 20.9. The largest absolute Gasteiger partial charge is 0.376 e. The van der Waals surface area contributed by atoms with E-state index in [2.05, 4.69) is 30.4 Å². The molecule has 3 atom stereocenters. The van der Waals surface area contributed by atoms with Crippen LogP contribution in [0.25, 0.3) is 11.0 Å². The van der Waals surface area contributed by atoms with Crippen LogP contribution in [-0.4, -0.2) is 51.8 Å². The highest BCUT2D eigenvalue weighted by Gasteiger charge is 2.46. The van der Waals surface area contributed by atoms with Gasteiger partial charge in [0.05, 0.1) is 39.5 Å². The van der Waals surface area contributed by atoms with Crippen LogP contribution < -0.4 is 10.5 Å². The van der Waals surface area contributed by atoms with E-state index in [0.29, 0.717) is 18.3 Å². The molecule has 1 aromatic carbocycles. The molecule has 11 heteroatoms. The average molecular weight is 571 g/mol. The number of alkyl halides is 2. The van der Waals surface area contributed by atoms with Gasteiger partial charge in [-0.2, -0.15) is 0 Å². The van der Waals surface area contributed by atoms with Crippen molar-refractivity contribution in [1.82, 2.24) is 14.3 Å². The number of halogens is 2. The van der Waals surface area contributed by atoms with Crippen molar-refractivity contribution in [2.45, 2.75) is 108 Å². The fraction of sp³-hybridized carbons (Fsp3) is 0.741. The molecule has 38 heavy (non-hydrogen) atoms. The molecule has 3 N–H and O–H groups in total. The zero-order chi connectivity index (χ0) is 27.9. The SMILES string of the molecule is CC(C)(C)[S@@](=O)N[C@@H](COC1CC(F)(F)C1)c1nc2ccc([C@H](N)C3CC3)cc2n1COCC[Si](C)(C)C. The molecule has 2 aromatic rings. The molecule has 0 saturated heterocycles. The molecule has 2 aliphatic carbocycles. The van der Waals surface area contributed by atoms with Crippen LogP contribution in [0.2, 0.25) is 25.7 Å². The summed E-state index contributed by atoms with van der Waals surface area (Å²) in [5.74, 6) is -1.54. The van der Waals surface area contributed by atoms with Gasteiger partial charge in [0.25, 0.3) is 5.92 Å². The number of hydrogen-bond donors (Lipinski definition) is 2. The molecule has 2 fully saturated rings. The number of nitrogens with two attached hydrogens (primary N) is 1. The lowest BCUT2D eigenvalue weighted by molar-refractivity contribution is -0.167. The molecule has 7 nitrogen and oxygen atoms in total. The summed E-state index contributed by atoms with van der Waals surface area (Å²) in [5.41, 5.74) is 9.26. The summed E-state index contributed by atoms with van der Waals surface area (Å²) in [6.45, 7) is 13.6. The Morgan fingerprint density at radius 3 is 2.53 bits per heavy atom. The zero-order valence-corrected chi connectivity index (χ0v) is 25.4. The smallest absolute Gasteiger partial charge is 0.253 e. The Hall–Kier alpha value is -1.24. The second kappa shape index (κ2) is 11.3. The number of ether oxygens (including phenoxy) is 2. The Balaban J connectivity index is 1.65. The van der Waals surface area contributed by atoms with Gasteiger partial charge in [0.15, 0.2) is 0 Å². The highest BCUT2D eigenvalue weighted by molar-refractivity contribution is 7.84. The van der Waals surface area contributed by atoms with Gasteiger partial charge < -0.3 is 19.8 Å². The van der Waals surface area contributed by atoms with Crippen LogP contribution in [0.5, 0.6) is 0 Å². The lowest BCUT2D eigenvalue weighted by Gasteiger charge is -2.35. The van der Waals surface area contributed by atoms with Crippen molar-refractivity contribution in [3.05, 3.63) is 29.6 Å². The minimum atomic E-state index is -2.67. The minimum absolute atomic E-state index is 0.0232. The molecule has 214 valence electrons. The number of fused-ring (bicyclic) bond motifs is 1. The molecule has 0 amide bonds. The van der Waals surface area contributed by atoms with E-state index in [4.69, 9.17) is 20.2 Å². The van der Waals surface area contributed by atoms with Gasteiger partial charge in [0.1, 0.15) is 18.6 Å². The first-order valence-corrected chi connectivity index (χ1v) is 18.5. The highest BCUT2D eigenvalue weighted by Crippen LogP contribution is 2.41. The maximum atomic E-state index is 13.4. The molecule has 0 spiro atoms. The van der Waals surface area contributed by atoms with Gasteiger partial charge in [0, 0.05) is 33.6 Å². The second-order valence-corrected chi connectivity index (χ2v) is 20.7. The molecule has 2 aliphatic rings. The number of nitrogens with one attached hydrogen (secondary N) is 1. The number of benzene rings is 1. The third kappa shape index (κ3) is 7.69. The lowest BCUT2D eigenvalue weighted by Crippen LogP contribution is -2.44. The number of nitrogens with zero attached hydrogens (tertiary/aromatic N) is 2. The summed E-state index contributed by atoms with van der Waals surface area (Å²) in [5, 5.41) is 0. The van der Waals surface area contributed by atoms with Crippen LogP contribution >= 0.6 is 0 Å². The van der Waals surface area contributed by atoms with Crippen LogP contribution in [0.1, 0.15) is 69.9 Å². The highest BCUT2D eigenvalue weighted by atomic mass is 32.2. The topological polar surface area (TPSA) is 91.4 Å². The summed E-state index contributed by atoms with van der Waals surface area (Å²) in [4.78, 5) is 4.91. The van der Waals surface area contributed by atoms with Gasteiger partial charge >= 0.3 is 0 Å². The van der Waals surface area contributed by atoms with E-state index in [1.165, 1.54) is 0 Å². The fourth-order valence-electron chi connectivity index (χ4n) is 4.45. The van der Waals surface area contributed by atoms with E-state index in [1.54, 1.807) is 0 Å². The van der Waals surface area contributed by atoms with Crippen LogP contribution in [0.15, 0.2) is 18.2 Å². The Labute approximate surface area is 228 Å². The lowest BCUT2D eigenvalue weighted by atomic mass is 9.91. The molecular formula is C27H44F2N4O3SSi. The quantitative estimate of drug-likeness (QED) is 0.239. The third-order valence-corrected chi connectivity index (χ3v) is 10.5. The predicted octanol–water partition coefficient (Wildman–Crippen LogP) is 5.67. The zero-order valence-electron chi connectivity index (χ0n) is 23.6. The Bertz CT molecular complexity index is 1140. The monoisotopic (exact) mass is 570 g/mol. The van der Waals surface area contributed by atoms with Gasteiger partial charge in [-0.3, -0.25) is 0 Å². The van der Waals surface area contributed by atoms with Crippen molar-refractivity contribution in [3.8, 4) is 0 Å². The Morgan fingerprint density at radius 1 is 1.26 bits per heavy atom. The van der Waals surface area contributed by atoms with E-state index in [0.717, 1.165) is 35.5 Å². The number of aromatic nitrogens is 2. The second-order valence-electron chi connectivity index (χ2n) is 13.1. The van der Waals surface area contributed by atoms with Gasteiger partial charge in [-0.15, -0.1) is 0 Å². The minimum Gasteiger partial charge on any atom is -0.376 e. The molecular weight excluding hydrogens is 526 g/mol. The van der Waals surface area contributed by atoms with E-state index in [1.807, 2.05) is 37.5 Å². The first-order chi connectivity index (χ1) is 17.6. The summed E-state index contributed by atoms with van der Waals surface area (Å²) in [7, 11) is -2.70. The molecule has 0 unspecified atom stereocenters. The van der Waals surface area contributed by atoms with Crippen LogP contribution in [0.3, 0.4) is 0 Å². The fourth-order valence-corrected chi connectivity index (χ4v) is 6.00. The van der Waals surface area contributed by atoms with Crippen LogP contribution in [0, 0.1) is 5.92 Å². The molecule has 4 rings (SSSR count). The van der Waals surface area contributed by atoms with Gasteiger partial charge in [0.2, 0.25) is 0 Å². The van der Waals surface area contributed by atoms with E-state index >= 15 is 0 Å². The summed E-state index contributed by atoms with van der Waals surface area (Å²) >= 11 is 0. The Kier molecular flexibility index (Phi) is 8.86. The van der Waals surface area contributed by atoms with Crippen molar-refractivity contribution >= 4 is 30.1 Å². The number of rotatable bonds is 13. The van der Waals surface area contributed by atoms with Gasteiger partial charge in [-0.25, -0.2) is 22.7 Å². The summed E-state index contributed by atoms with van der Waals surface area (Å²) < 4.78 is 56.7. The molecule has 0 radical (unpaired) electrons. The molecule has 0 aliphatic heterocycles. The van der Waals surface area contributed by atoms with Crippen LogP contribution in [0.4, 0.5) is 8.78 Å². The maximum absolute atomic E-state index is 13.4. The predicted molar refractivity (Wildman–Crippen MR) is 151 cm³/mol. The van der Waals surface area contributed by atoms with Crippen molar-refractivity contribution in [2.24, 2.45) is 11.7 Å².